The van der Waals surface area contributed by atoms with E-state index >= 15 is 0 Å². The van der Waals surface area contributed by atoms with Gasteiger partial charge < -0.3 is 9.84 Å². The summed E-state index contributed by atoms with van der Waals surface area (Å²) in [5.74, 6) is 0.309. The van der Waals surface area contributed by atoms with Crippen molar-refractivity contribution >= 4 is 17.3 Å². The molecule has 36 heavy (non-hydrogen) atoms. The summed E-state index contributed by atoms with van der Waals surface area (Å²) in [5.41, 5.74) is 6.10. The molecule has 3 aromatic carbocycles. The number of nitrogens with zero attached hydrogens (tertiary/aromatic N) is 3. The minimum absolute atomic E-state index is 0.233. The van der Waals surface area contributed by atoms with Gasteiger partial charge in [0, 0.05) is 11.3 Å². The van der Waals surface area contributed by atoms with E-state index < -0.39 is 6.04 Å². The van der Waals surface area contributed by atoms with Gasteiger partial charge in [-0.1, -0.05) is 55.4 Å². The van der Waals surface area contributed by atoms with E-state index in [1.807, 2.05) is 43.3 Å². The second kappa shape index (κ2) is 9.77. The van der Waals surface area contributed by atoms with Gasteiger partial charge in [0.15, 0.2) is 0 Å². The van der Waals surface area contributed by atoms with Crippen molar-refractivity contribution in [2.24, 2.45) is 0 Å². The maximum absolute atomic E-state index is 13.4. The Bertz CT molecular complexity index is 1410. The van der Waals surface area contributed by atoms with Crippen LogP contribution < -0.4 is 10.2 Å². The van der Waals surface area contributed by atoms with Crippen molar-refractivity contribution in [3.63, 3.8) is 0 Å². The fourth-order valence-electron chi connectivity index (χ4n) is 4.46. The number of benzene rings is 3. The van der Waals surface area contributed by atoms with E-state index in [2.05, 4.69) is 41.4 Å². The van der Waals surface area contributed by atoms with Crippen LogP contribution in [-0.2, 0) is 12.8 Å². The summed E-state index contributed by atoms with van der Waals surface area (Å²) in [4.78, 5) is 19.7. The summed E-state index contributed by atoms with van der Waals surface area (Å²) in [5, 5.41) is 7.28. The summed E-state index contributed by atoms with van der Waals surface area (Å²) >= 11 is 0. The second-order valence-electron chi connectivity index (χ2n) is 8.76. The summed E-state index contributed by atoms with van der Waals surface area (Å²) in [6.07, 6.45) is 1.84. The van der Waals surface area contributed by atoms with Crippen LogP contribution in [0.4, 0.5) is 14.9 Å². The number of rotatable bonds is 6. The molecular formula is C29H27FN4O2. The van der Waals surface area contributed by atoms with Crippen LogP contribution in [-0.4, -0.2) is 16.2 Å². The van der Waals surface area contributed by atoms with Crippen LogP contribution in [0.25, 0.3) is 17.0 Å². The van der Waals surface area contributed by atoms with E-state index in [4.69, 9.17) is 4.52 Å². The predicted molar refractivity (Wildman–Crippen MR) is 138 cm³/mol. The molecule has 0 saturated heterocycles. The number of carbonyl (C=O) groups is 1. The van der Waals surface area contributed by atoms with Gasteiger partial charge in [0.25, 0.3) is 5.89 Å². The molecule has 2 amide bonds. The lowest BCUT2D eigenvalue weighted by Gasteiger charge is -2.35. The first kappa shape index (κ1) is 23.5. The number of aromatic nitrogens is 2. The lowest BCUT2D eigenvalue weighted by atomic mass is 9.93. The lowest BCUT2D eigenvalue weighted by Crippen LogP contribution is -2.46. The first-order chi connectivity index (χ1) is 17.5. The highest BCUT2D eigenvalue weighted by Crippen LogP contribution is 2.39. The molecule has 0 bridgehead atoms. The molecular weight excluding hydrogens is 455 g/mol. The Hall–Kier alpha value is -4.26. The zero-order valence-electron chi connectivity index (χ0n) is 20.5. The van der Waals surface area contributed by atoms with Gasteiger partial charge in [0.05, 0.1) is 17.3 Å². The number of amides is 2. The standard InChI is InChI=1S/C29H27FN4O2/c1-4-19-6-10-21(11-7-19)26-25(28-32-27(33-36-28)22-12-14-23(30)15-13-22)18(3)34(29(35)31-26)24-16-8-20(5-2)9-17-24/h6-17,26H,4-5H2,1-3H3,(H,31,35). The SMILES string of the molecule is CCc1ccc(C2NC(=O)N(c3ccc(CC)cc3)C(C)=C2c2nc(-c3ccc(F)cc3)no2)cc1. The minimum atomic E-state index is -0.476. The first-order valence-electron chi connectivity index (χ1n) is 12.1. The van der Waals surface area contributed by atoms with Crippen molar-refractivity contribution in [2.45, 2.75) is 39.7 Å². The highest BCUT2D eigenvalue weighted by molar-refractivity contribution is 6.01. The lowest BCUT2D eigenvalue weighted by molar-refractivity contribution is 0.244. The number of anilines is 1. The molecule has 1 atom stereocenters. The van der Waals surface area contributed by atoms with Gasteiger partial charge in [-0.2, -0.15) is 4.98 Å². The molecule has 1 aliphatic heterocycles. The molecule has 5 rings (SSSR count). The topological polar surface area (TPSA) is 71.3 Å². The van der Waals surface area contributed by atoms with Crippen molar-refractivity contribution in [2.75, 3.05) is 4.90 Å². The number of hydrogen-bond donors (Lipinski definition) is 1. The molecule has 4 aromatic rings. The van der Waals surface area contributed by atoms with Gasteiger partial charge >= 0.3 is 6.03 Å². The number of aryl methyl sites for hydroxylation is 2. The van der Waals surface area contributed by atoms with E-state index in [1.165, 1.54) is 23.3 Å². The molecule has 1 aromatic heterocycles. The zero-order chi connectivity index (χ0) is 25.2. The molecule has 0 spiro atoms. The molecule has 0 aliphatic carbocycles. The van der Waals surface area contributed by atoms with Gasteiger partial charge in [-0.15, -0.1) is 0 Å². The minimum Gasteiger partial charge on any atom is -0.334 e. The van der Waals surface area contributed by atoms with Crippen molar-refractivity contribution in [3.05, 3.63) is 107 Å². The maximum Gasteiger partial charge on any atom is 0.326 e. The molecule has 182 valence electrons. The quantitative estimate of drug-likeness (QED) is 0.332. The third-order valence-corrected chi connectivity index (χ3v) is 6.57. The Balaban J connectivity index is 1.62. The zero-order valence-corrected chi connectivity index (χ0v) is 20.5. The molecule has 1 N–H and O–H groups in total. The van der Waals surface area contributed by atoms with Crippen LogP contribution in [0.2, 0.25) is 0 Å². The monoisotopic (exact) mass is 482 g/mol. The fraction of sp³-hybridized carbons (Fsp3) is 0.207. The number of allylic oxidation sites excluding steroid dienone is 1. The summed E-state index contributed by atoms with van der Waals surface area (Å²) in [6, 6.07) is 21.3. The van der Waals surface area contributed by atoms with Gasteiger partial charge in [-0.3, -0.25) is 4.90 Å². The van der Waals surface area contributed by atoms with E-state index in [-0.39, 0.29) is 11.8 Å². The number of halogens is 1. The molecule has 0 radical (unpaired) electrons. The molecule has 1 unspecified atom stereocenters. The average Bonchev–Trinajstić information content (AvgIpc) is 3.39. The van der Waals surface area contributed by atoms with Crippen molar-refractivity contribution in [1.82, 2.24) is 15.5 Å². The highest BCUT2D eigenvalue weighted by atomic mass is 19.1. The van der Waals surface area contributed by atoms with Crippen molar-refractivity contribution < 1.29 is 13.7 Å². The third-order valence-electron chi connectivity index (χ3n) is 6.57. The van der Waals surface area contributed by atoms with E-state index in [0.717, 1.165) is 24.1 Å². The fourth-order valence-corrected chi connectivity index (χ4v) is 4.46. The highest BCUT2D eigenvalue weighted by Gasteiger charge is 2.36. The van der Waals surface area contributed by atoms with E-state index in [0.29, 0.717) is 28.5 Å². The second-order valence-corrected chi connectivity index (χ2v) is 8.76. The largest absolute Gasteiger partial charge is 0.334 e. The molecule has 6 nitrogen and oxygen atoms in total. The van der Waals surface area contributed by atoms with Gasteiger partial charge in [0.1, 0.15) is 5.82 Å². The summed E-state index contributed by atoms with van der Waals surface area (Å²) < 4.78 is 19.1. The number of nitrogens with one attached hydrogen (secondary N) is 1. The molecule has 2 heterocycles. The molecule has 0 fully saturated rings. The number of urea groups is 1. The predicted octanol–water partition coefficient (Wildman–Crippen LogP) is 6.70. The Kier molecular flexibility index (Phi) is 6.38. The van der Waals surface area contributed by atoms with Crippen LogP contribution in [0.5, 0.6) is 0 Å². The Morgan fingerprint density at radius 2 is 1.53 bits per heavy atom. The molecule has 7 heteroatoms. The van der Waals surface area contributed by atoms with Gasteiger partial charge in [0.2, 0.25) is 5.82 Å². The van der Waals surface area contributed by atoms with Crippen molar-refractivity contribution in [3.8, 4) is 11.4 Å². The normalized spacial score (nSPS) is 15.8. The Morgan fingerprint density at radius 3 is 2.14 bits per heavy atom. The smallest absolute Gasteiger partial charge is 0.326 e. The van der Waals surface area contributed by atoms with Crippen LogP contribution in [0.3, 0.4) is 0 Å². The van der Waals surface area contributed by atoms with E-state index in [1.54, 1.807) is 17.0 Å². The Morgan fingerprint density at radius 1 is 0.917 bits per heavy atom. The van der Waals surface area contributed by atoms with Crippen LogP contribution >= 0.6 is 0 Å². The van der Waals surface area contributed by atoms with Crippen LogP contribution in [0, 0.1) is 5.82 Å². The van der Waals surface area contributed by atoms with Crippen LogP contribution in [0.15, 0.2) is 83.0 Å². The summed E-state index contributed by atoms with van der Waals surface area (Å²) in [7, 11) is 0. The maximum atomic E-state index is 13.4. The number of carbonyl (C=O) groups excluding carboxylic acids is 1. The van der Waals surface area contributed by atoms with Crippen LogP contribution in [0.1, 0.15) is 49.4 Å². The van der Waals surface area contributed by atoms with Gasteiger partial charge in [-0.25, -0.2) is 9.18 Å². The first-order valence-corrected chi connectivity index (χ1v) is 12.1. The van der Waals surface area contributed by atoms with E-state index in [9.17, 15) is 9.18 Å². The molecule has 0 saturated carbocycles. The average molecular weight is 483 g/mol. The Labute approximate surface area is 209 Å². The number of hydrogen-bond acceptors (Lipinski definition) is 4. The van der Waals surface area contributed by atoms with Crippen molar-refractivity contribution in [1.29, 1.82) is 0 Å². The summed E-state index contributed by atoms with van der Waals surface area (Å²) in [6.45, 7) is 6.08. The third kappa shape index (κ3) is 4.40. The molecule has 1 aliphatic rings. The van der Waals surface area contributed by atoms with Gasteiger partial charge in [-0.05, 0) is 72.9 Å².